The van der Waals surface area contributed by atoms with E-state index in [9.17, 15) is 4.79 Å². The number of nitriles is 1. The first-order chi connectivity index (χ1) is 7.54. The van der Waals surface area contributed by atoms with Crippen molar-refractivity contribution in [3.8, 4) is 6.07 Å². The first kappa shape index (κ1) is 12.8. The zero-order valence-electron chi connectivity index (χ0n) is 10.1. The van der Waals surface area contributed by atoms with E-state index in [0.717, 1.165) is 13.1 Å². The van der Waals surface area contributed by atoms with E-state index in [2.05, 4.69) is 11.0 Å². The Morgan fingerprint density at radius 1 is 1.25 bits per heavy atom. The van der Waals surface area contributed by atoms with Gasteiger partial charge in [0.2, 0.25) is 0 Å². The molecular formula is C11H19N3O2. The van der Waals surface area contributed by atoms with Crippen molar-refractivity contribution >= 4 is 6.09 Å². The summed E-state index contributed by atoms with van der Waals surface area (Å²) in [4.78, 5) is 15.3. The van der Waals surface area contributed by atoms with Crippen molar-refractivity contribution in [2.45, 2.75) is 32.9 Å². The van der Waals surface area contributed by atoms with Gasteiger partial charge >= 0.3 is 6.09 Å². The molecule has 90 valence electrons. The molecule has 0 spiro atoms. The number of rotatable bonds is 2. The molecule has 16 heavy (non-hydrogen) atoms. The van der Waals surface area contributed by atoms with Gasteiger partial charge in [0, 0.05) is 26.2 Å². The minimum atomic E-state index is -0.251. The van der Waals surface area contributed by atoms with Crippen LogP contribution in [0.5, 0.6) is 0 Å². The summed E-state index contributed by atoms with van der Waals surface area (Å²) < 4.78 is 5.12. The van der Waals surface area contributed by atoms with Crippen LogP contribution in [-0.4, -0.2) is 54.2 Å². The Morgan fingerprint density at radius 3 is 2.25 bits per heavy atom. The van der Waals surface area contributed by atoms with Crippen LogP contribution >= 0.6 is 0 Å². The number of nitrogens with zero attached hydrogens (tertiary/aromatic N) is 3. The summed E-state index contributed by atoms with van der Waals surface area (Å²) in [5, 5.41) is 8.78. The van der Waals surface area contributed by atoms with Gasteiger partial charge in [0.05, 0.1) is 18.2 Å². The summed E-state index contributed by atoms with van der Waals surface area (Å²) in [7, 11) is 0. The zero-order valence-corrected chi connectivity index (χ0v) is 10.1. The largest absolute Gasteiger partial charge is 0.447 e. The maximum Gasteiger partial charge on any atom is 0.410 e. The van der Waals surface area contributed by atoms with Crippen molar-refractivity contribution in [3.05, 3.63) is 0 Å². The molecule has 1 saturated heterocycles. The van der Waals surface area contributed by atoms with E-state index in [4.69, 9.17) is 10.00 Å². The molecule has 1 heterocycles. The van der Waals surface area contributed by atoms with Crippen LogP contribution in [0.25, 0.3) is 0 Å². The van der Waals surface area contributed by atoms with Gasteiger partial charge in [-0.05, 0) is 20.8 Å². The second kappa shape index (κ2) is 5.71. The quantitative estimate of drug-likeness (QED) is 0.705. The molecule has 0 saturated carbocycles. The third-order valence-electron chi connectivity index (χ3n) is 2.64. The molecule has 5 heteroatoms. The lowest BCUT2D eigenvalue weighted by Crippen LogP contribution is -2.51. The molecule has 0 aromatic heterocycles. The molecule has 1 atom stereocenters. The molecule has 0 aromatic carbocycles. The van der Waals surface area contributed by atoms with Gasteiger partial charge in [-0.3, -0.25) is 4.90 Å². The van der Waals surface area contributed by atoms with Crippen molar-refractivity contribution in [2.75, 3.05) is 26.2 Å². The SMILES string of the molecule is CC(C)OC(=O)N1CCN(C(C)C#N)CC1. The van der Waals surface area contributed by atoms with E-state index in [-0.39, 0.29) is 18.2 Å². The number of amides is 1. The number of hydrogen-bond donors (Lipinski definition) is 0. The highest BCUT2D eigenvalue weighted by molar-refractivity contribution is 5.67. The summed E-state index contributed by atoms with van der Waals surface area (Å²) in [5.41, 5.74) is 0. The third kappa shape index (κ3) is 3.38. The van der Waals surface area contributed by atoms with Gasteiger partial charge in [-0.2, -0.15) is 5.26 Å². The number of piperazine rings is 1. The Morgan fingerprint density at radius 2 is 1.81 bits per heavy atom. The van der Waals surface area contributed by atoms with Crippen molar-refractivity contribution in [2.24, 2.45) is 0 Å². The van der Waals surface area contributed by atoms with Gasteiger partial charge in [0.15, 0.2) is 0 Å². The molecule has 1 aliphatic heterocycles. The molecule has 1 fully saturated rings. The fourth-order valence-corrected chi connectivity index (χ4v) is 1.65. The summed E-state index contributed by atoms with van der Waals surface area (Å²) in [6, 6.07) is 2.12. The number of hydrogen-bond acceptors (Lipinski definition) is 4. The molecule has 0 aliphatic carbocycles. The smallest absolute Gasteiger partial charge is 0.410 e. The zero-order chi connectivity index (χ0) is 12.1. The Labute approximate surface area is 96.6 Å². The minimum absolute atomic E-state index is 0.0800. The van der Waals surface area contributed by atoms with Crippen molar-refractivity contribution in [1.82, 2.24) is 9.80 Å². The normalized spacial score (nSPS) is 19.3. The van der Waals surface area contributed by atoms with Gasteiger partial charge in [-0.15, -0.1) is 0 Å². The van der Waals surface area contributed by atoms with E-state index in [1.165, 1.54) is 0 Å². The highest BCUT2D eigenvalue weighted by Gasteiger charge is 2.24. The summed E-state index contributed by atoms with van der Waals surface area (Å²) in [6.07, 6.45) is -0.331. The topological polar surface area (TPSA) is 56.6 Å². The molecule has 1 amide bonds. The average molecular weight is 225 g/mol. The second-order valence-corrected chi connectivity index (χ2v) is 4.26. The van der Waals surface area contributed by atoms with Gasteiger partial charge in [0.1, 0.15) is 0 Å². The summed E-state index contributed by atoms with van der Waals surface area (Å²) in [6.45, 7) is 8.30. The first-order valence-corrected chi connectivity index (χ1v) is 5.64. The van der Waals surface area contributed by atoms with E-state index in [1.807, 2.05) is 20.8 Å². The number of carbonyl (C=O) groups is 1. The van der Waals surface area contributed by atoms with Crippen LogP contribution in [-0.2, 0) is 4.74 Å². The van der Waals surface area contributed by atoms with Crippen molar-refractivity contribution in [3.63, 3.8) is 0 Å². The van der Waals surface area contributed by atoms with Crippen LogP contribution in [0.2, 0.25) is 0 Å². The lowest BCUT2D eigenvalue weighted by Gasteiger charge is -2.35. The molecular weight excluding hydrogens is 206 g/mol. The highest BCUT2D eigenvalue weighted by atomic mass is 16.6. The standard InChI is InChI=1S/C11H19N3O2/c1-9(2)16-11(15)14-6-4-13(5-7-14)10(3)8-12/h9-10H,4-7H2,1-3H3. The number of ether oxygens (including phenoxy) is 1. The minimum Gasteiger partial charge on any atom is -0.447 e. The Balaban J connectivity index is 2.37. The van der Waals surface area contributed by atoms with Crippen molar-refractivity contribution < 1.29 is 9.53 Å². The van der Waals surface area contributed by atoms with Crippen LogP contribution in [0.1, 0.15) is 20.8 Å². The number of carbonyl (C=O) groups excluding carboxylic acids is 1. The highest BCUT2D eigenvalue weighted by Crippen LogP contribution is 2.07. The maximum absolute atomic E-state index is 11.6. The van der Waals surface area contributed by atoms with Crippen LogP contribution in [0.3, 0.4) is 0 Å². The van der Waals surface area contributed by atoms with Gasteiger partial charge < -0.3 is 9.64 Å². The predicted octanol–water partition coefficient (Wildman–Crippen LogP) is 1.06. The molecule has 0 radical (unpaired) electrons. The molecule has 5 nitrogen and oxygen atoms in total. The molecule has 0 N–H and O–H groups in total. The fraction of sp³-hybridized carbons (Fsp3) is 0.818. The predicted molar refractivity (Wildman–Crippen MR) is 59.8 cm³/mol. The summed E-state index contributed by atoms with van der Waals surface area (Å²) >= 11 is 0. The Kier molecular flexibility index (Phi) is 4.56. The van der Waals surface area contributed by atoms with Gasteiger partial charge in [-0.25, -0.2) is 4.79 Å². The third-order valence-corrected chi connectivity index (χ3v) is 2.64. The van der Waals surface area contributed by atoms with E-state index < -0.39 is 0 Å². The fourth-order valence-electron chi connectivity index (χ4n) is 1.65. The van der Waals surface area contributed by atoms with E-state index >= 15 is 0 Å². The Bertz CT molecular complexity index is 277. The molecule has 0 aromatic rings. The first-order valence-electron chi connectivity index (χ1n) is 5.64. The van der Waals surface area contributed by atoms with Crippen molar-refractivity contribution in [1.29, 1.82) is 5.26 Å². The van der Waals surface area contributed by atoms with E-state index in [1.54, 1.807) is 4.90 Å². The van der Waals surface area contributed by atoms with Crippen LogP contribution < -0.4 is 0 Å². The molecule has 1 aliphatic rings. The molecule has 0 bridgehead atoms. The van der Waals surface area contributed by atoms with Crippen LogP contribution in [0, 0.1) is 11.3 Å². The van der Waals surface area contributed by atoms with Crippen LogP contribution in [0.15, 0.2) is 0 Å². The van der Waals surface area contributed by atoms with Crippen LogP contribution in [0.4, 0.5) is 4.79 Å². The Hall–Kier alpha value is -1.28. The monoisotopic (exact) mass is 225 g/mol. The molecule has 1 unspecified atom stereocenters. The lowest BCUT2D eigenvalue weighted by atomic mass is 10.2. The van der Waals surface area contributed by atoms with Gasteiger partial charge in [0.25, 0.3) is 0 Å². The summed E-state index contributed by atoms with van der Waals surface area (Å²) in [5.74, 6) is 0. The molecule has 1 rings (SSSR count). The lowest BCUT2D eigenvalue weighted by molar-refractivity contribution is 0.0541. The maximum atomic E-state index is 11.6. The second-order valence-electron chi connectivity index (χ2n) is 4.26. The van der Waals surface area contributed by atoms with Gasteiger partial charge in [-0.1, -0.05) is 0 Å². The average Bonchev–Trinajstić information content (AvgIpc) is 2.27. The van der Waals surface area contributed by atoms with E-state index in [0.29, 0.717) is 13.1 Å².